The van der Waals surface area contributed by atoms with E-state index in [0.29, 0.717) is 12.0 Å². The number of hydrogen-bond donors (Lipinski definition) is 1. The van der Waals surface area contributed by atoms with E-state index >= 15 is 0 Å². The Morgan fingerprint density at radius 2 is 1.65 bits per heavy atom. The van der Waals surface area contributed by atoms with Crippen LogP contribution in [0, 0.1) is 0 Å². The molecule has 2 nitrogen and oxygen atoms in total. The molecule has 0 fully saturated rings. The first-order valence-corrected chi connectivity index (χ1v) is 8.28. The van der Waals surface area contributed by atoms with Crippen LogP contribution in [-0.4, -0.2) is 13.2 Å². The lowest BCUT2D eigenvalue weighted by Gasteiger charge is -2.23. The summed E-state index contributed by atoms with van der Waals surface area (Å²) in [6.45, 7) is 4.38. The van der Waals surface area contributed by atoms with E-state index in [4.69, 9.17) is 16.3 Å². The Morgan fingerprint density at radius 1 is 1.00 bits per heavy atom. The summed E-state index contributed by atoms with van der Waals surface area (Å²) in [5, 5.41) is 4.44. The lowest BCUT2D eigenvalue weighted by molar-refractivity contribution is 0.414. The molecule has 0 radical (unpaired) electrons. The number of ether oxygens (including phenoxy) is 1. The summed E-state index contributed by atoms with van der Waals surface area (Å²) in [5.74, 6) is 1.28. The minimum absolute atomic E-state index is 0.365. The third-order valence-electron chi connectivity index (χ3n) is 4.71. The molecule has 0 amide bonds. The van der Waals surface area contributed by atoms with Gasteiger partial charge in [0.15, 0.2) is 0 Å². The predicted octanol–water partition coefficient (Wildman–Crippen LogP) is 4.94. The van der Waals surface area contributed by atoms with Gasteiger partial charge in [0.2, 0.25) is 0 Å². The molecule has 1 N–H and O–H groups in total. The van der Waals surface area contributed by atoms with E-state index in [9.17, 15) is 0 Å². The fourth-order valence-electron chi connectivity index (χ4n) is 3.35. The number of nitrogens with one attached hydrogen (secondary N) is 1. The quantitative estimate of drug-likeness (QED) is 0.858. The van der Waals surface area contributed by atoms with Gasteiger partial charge in [-0.05, 0) is 61.2 Å². The van der Waals surface area contributed by atoms with Crippen LogP contribution in [0.3, 0.4) is 0 Å². The highest BCUT2D eigenvalue weighted by Crippen LogP contribution is 2.36. The minimum atomic E-state index is 0.365. The van der Waals surface area contributed by atoms with Crippen LogP contribution in [0.1, 0.15) is 30.9 Å². The summed E-state index contributed by atoms with van der Waals surface area (Å²) in [4.78, 5) is 0. The van der Waals surface area contributed by atoms with Crippen molar-refractivity contribution in [2.24, 2.45) is 0 Å². The molecule has 0 bridgehead atoms. The zero-order valence-electron chi connectivity index (χ0n) is 13.8. The van der Waals surface area contributed by atoms with E-state index < -0.39 is 0 Å². The van der Waals surface area contributed by atoms with Gasteiger partial charge in [0, 0.05) is 22.7 Å². The molecule has 2 unspecified atom stereocenters. The van der Waals surface area contributed by atoms with E-state index in [1.807, 2.05) is 24.3 Å². The Kier molecular flexibility index (Phi) is 4.63. The second kappa shape index (κ2) is 6.67. The van der Waals surface area contributed by atoms with Crippen LogP contribution in [0.25, 0.3) is 0 Å². The highest BCUT2D eigenvalue weighted by molar-refractivity contribution is 6.30. The van der Waals surface area contributed by atoms with E-state index in [0.717, 1.165) is 17.2 Å². The molecule has 0 spiro atoms. The van der Waals surface area contributed by atoms with E-state index in [1.165, 1.54) is 22.4 Å². The van der Waals surface area contributed by atoms with Gasteiger partial charge in [0.05, 0.1) is 7.11 Å². The number of benzene rings is 2. The summed E-state index contributed by atoms with van der Waals surface area (Å²) in [5.41, 5.74) is 5.31. The van der Waals surface area contributed by atoms with Crippen molar-refractivity contribution in [1.29, 1.82) is 0 Å². The van der Waals surface area contributed by atoms with Gasteiger partial charge in [0.1, 0.15) is 5.75 Å². The Hall–Kier alpha value is -1.93. The van der Waals surface area contributed by atoms with Crippen LogP contribution < -0.4 is 10.1 Å². The van der Waals surface area contributed by atoms with Crippen LogP contribution in [0.5, 0.6) is 5.75 Å². The van der Waals surface area contributed by atoms with Crippen molar-refractivity contribution >= 4 is 11.6 Å². The number of rotatable bonds is 4. The molecule has 2 atom stereocenters. The zero-order valence-corrected chi connectivity index (χ0v) is 14.5. The van der Waals surface area contributed by atoms with Crippen LogP contribution in [0.4, 0.5) is 0 Å². The normalized spacial score (nSPS) is 20.5. The molecule has 3 rings (SSSR count). The van der Waals surface area contributed by atoms with E-state index in [2.05, 4.69) is 43.4 Å². The van der Waals surface area contributed by atoms with Gasteiger partial charge in [-0.25, -0.2) is 0 Å². The van der Waals surface area contributed by atoms with Gasteiger partial charge in [-0.1, -0.05) is 35.9 Å². The maximum Gasteiger partial charge on any atom is 0.118 e. The Bertz CT molecular complexity index is 703. The molecule has 1 heterocycles. The smallest absolute Gasteiger partial charge is 0.118 e. The number of hydrogen-bond acceptors (Lipinski definition) is 2. The molecular weight excluding hydrogens is 306 g/mol. The van der Waals surface area contributed by atoms with Gasteiger partial charge < -0.3 is 10.1 Å². The van der Waals surface area contributed by atoms with Crippen molar-refractivity contribution in [2.75, 3.05) is 7.11 Å². The molecule has 2 aromatic carbocycles. The molecule has 120 valence electrons. The predicted molar refractivity (Wildman–Crippen MR) is 96.2 cm³/mol. The van der Waals surface area contributed by atoms with Crippen LogP contribution in [0.15, 0.2) is 59.8 Å². The number of halogens is 1. The van der Waals surface area contributed by atoms with Crippen LogP contribution >= 0.6 is 11.6 Å². The van der Waals surface area contributed by atoms with Crippen LogP contribution in [-0.2, 0) is 6.42 Å². The topological polar surface area (TPSA) is 21.3 Å². The monoisotopic (exact) mass is 327 g/mol. The minimum Gasteiger partial charge on any atom is -0.497 e. The first kappa shape index (κ1) is 15.9. The molecule has 0 saturated carbocycles. The van der Waals surface area contributed by atoms with Gasteiger partial charge in [-0.3, -0.25) is 0 Å². The highest BCUT2D eigenvalue weighted by Gasteiger charge is 2.31. The fraction of sp³-hybridized carbons (Fsp3) is 0.300. The average molecular weight is 328 g/mol. The van der Waals surface area contributed by atoms with Gasteiger partial charge in [-0.2, -0.15) is 0 Å². The third kappa shape index (κ3) is 3.37. The van der Waals surface area contributed by atoms with E-state index in [-0.39, 0.29) is 0 Å². The number of allylic oxidation sites excluding steroid dienone is 1. The SMILES string of the molecule is COc1ccc(CC2NC(C)=C(C)C2c2ccc(Cl)cc2)cc1. The van der Waals surface area contributed by atoms with Crippen molar-refractivity contribution < 1.29 is 4.74 Å². The molecule has 0 aromatic heterocycles. The lowest BCUT2D eigenvalue weighted by Crippen LogP contribution is -2.29. The lowest BCUT2D eigenvalue weighted by atomic mass is 9.85. The average Bonchev–Trinajstić information content (AvgIpc) is 2.83. The maximum absolute atomic E-state index is 6.04. The summed E-state index contributed by atoms with van der Waals surface area (Å²) in [7, 11) is 1.70. The molecule has 3 heteroatoms. The van der Waals surface area contributed by atoms with Gasteiger partial charge in [0.25, 0.3) is 0 Å². The van der Waals surface area contributed by atoms with Crippen LogP contribution in [0.2, 0.25) is 5.02 Å². The molecule has 1 aliphatic rings. The first-order chi connectivity index (χ1) is 11.1. The third-order valence-corrected chi connectivity index (χ3v) is 4.96. The Morgan fingerprint density at radius 3 is 2.26 bits per heavy atom. The molecule has 0 aliphatic carbocycles. The highest BCUT2D eigenvalue weighted by atomic mass is 35.5. The van der Waals surface area contributed by atoms with Crippen molar-refractivity contribution in [3.63, 3.8) is 0 Å². The second-order valence-electron chi connectivity index (χ2n) is 6.14. The molecule has 0 saturated heterocycles. The van der Waals surface area contributed by atoms with Crippen molar-refractivity contribution in [1.82, 2.24) is 5.32 Å². The second-order valence-corrected chi connectivity index (χ2v) is 6.58. The molecule has 2 aromatic rings. The molecule has 1 aliphatic heterocycles. The zero-order chi connectivity index (χ0) is 16.4. The summed E-state index contributed by atoms with van der Waals surface area (Å²) >= 11 is 6.04. The fourth-order valence-corrected chi connectivity index (χ4v) is 3.47. The Balaban J connectivity index is 1.84. The largest absolute Gasteiger partial charge is 0.497 e. The van der Waals surface area contributed by atoms with Crippen molar-refractivity contribution in [3.05, 3.63) is 76.0 Å². The number of methoxy groups -OCH3 is 1. The maximum atomic E-state index is 6.04. The summed E-state index contributed by atoms with van der Waals surface area (Å²) in [6, 6.07) is 16.9. The summed E-state index contributed by atoms with van der Waals surface area (Å²) < 4.78 is 5.24. The van der Waals surface area contributed by atoms with Gasteiger partial charge >= 0.3 is 0 Å². The molecular formula is C20H22ClNO. The summed E-state index contributed by atoms with van der Waals surface area (Å²) in [6.07, 6.45) is 0.978. The standard InChI is InChI=1S/C20H22ClNO/c1-13-14(2)22-19(12-15-4-10-18(23-3)11-5-15)20(13)16-6-8-17(21)9-7-16/h4-11,19-20,22H,12H2,1-3H3. The Labute approximate surface area is 143 Å². The van der Waals surface area contributed by atoms with Gasteiger partial charge in [-0.15, -0.1) is 0 Å². The van der Waals surface area contributed by atoms with E-state index in [1.54, 1.807) is 7.11 Å². The van der Waals surface area contributed by atoms with Crippen molar-refractivity contribution in [3.8, 4) is 5.75 Å². The first-order valence-electron chi connectivity index (χ1n) is 7.91. The van der Waals surface area contributed by atoms with Crippen molar-refractivity contribution in [2.45, 2.75) is 32.2 Å². The molecule has 23 heavy (non-hydrogen) atoms.